The largest absolute Gasteiger partial charge is 0.465 e. The van der Waals surface area contributed by atoms with Crippen LogP contribution in [-0.4, -0.2) is 37.4 Å². The molecule has 0 radical (unpaired) electrons. The molecular formula is C9H18ClNO3. The van der Waals surface area contributed by atoms with Crippen LogP contribution in [0.3, 0.4) is 0 Å². The predicted octanol–water partition coefficient (Wildman–Crippen LogP) is 0.333. The van der Waals surface area contributed by atoms with Crippen LogP contribution in [0.25, 0.3) is 0 Å². The number of aliphatic hydroxyl groups excluding tert-OH is 1. The Hall–Kier alpha value is -0.320. The van der Waals surface area contributed by atoms with Crippen molar-refractivity contribution in [3.05, 3.63) is 0 Å². The highest BCUT2D eigenvalue weighted by atomic mass is 35.5. The van der Waals surface area contributed by atoms with Crippen LogP contribution in [0.1, 0.15) is 19.8 Å². The van der Waals surface area contributed by atoms with Gasteiger partial charge in [-0.1, -0.05) is 0 Å². The molecule has 1 saturated heterocycles. The first-order chi connectivity index (χ1) is 6.25. The van der Waals surface area contributed by atoms with Gasteiger partial charge in [0.15, 0.2) is 0 Å². The van der Waals surface area contributed by atoms with Crippen LogP contribution in [0, 0.1) is 5.41 Å². The van der Waals surface area contributed by atoms with Gasteiger partial charge in [0, 0.05) is 0 Å². The summed E-state index contributed by atoms with van der Waals surface area (Å²) in [6.45, 7) is 3.62. The van der Waals surface area contributed by atoms with Crippen LogP contribution in [0.4, 0.5) is 0 Å². The van der Waals surface area contributed by atoms with E-state index in [9.17, 15) is 9.90 Å². The second-order valence-electron chi connectivity index (χ2n) is 3.41. The third-order valence-electron chi connectivity index (χ3n) is 2.57. The van der Waals surface area contributed by atoms with Crippen molar-refractivity contribution >= 4 is 18.4 Å². The van der Waals surface area contributed by atoms with Gasteiger partial charge in [0.05, 0.1) is 18.6 Å². The summed E-state index contributed by atoms with van der Waals surface area (Å²) in [5.74, 6) is -0.251. The monoisotopic (exact) mass is 223 g/mol. The topological polar surface area (TPSA) is 58.6 Å². The molecule has 0 aliphatic carbocycles. The Bertz CT molecular complexity index is 181. The summed E-state index contributed by atoms with van der Waals surface area (Å²) in [5.41, 5.74) is -0.638. The molecule has 5 heteroatoms. The van der Waals surface area contributed by atoms with Crippen LogP contribution in [0.15, 0.2) is 0 Å². The number of ether oxygens (including phenoxy) is 1. The van der Waals surface area contributed by atoms with Crippen molar-refractivity contribution in [3.63, 3.8) is 0 Å². The second kappa shape index (κ2) is 6.22. The Balaban J connectivity index is 0.00000169. The molecule has 4 nitrogen and oxygen atoms in total. The Kier molecular flexibility index (Phi) is 6.08. The van der Waals surface area contributed by atoms with E-state index in [4.69, 9.17) is 4.74 Å². The first-order valence-corrected chi connectivity index (χ1v) is 4.74. The number of rotatable bonds is 3. The van der Waals surface area contributed by atoms with Gasteiger partial charge in [-0.25, -0.2) is 0 Å². The van der Waals surface area contributed by atoms with E-state index in [1.54, 1.807) is 6.92 Å². The fraction of sp³-hybridized carbons (Fsp3) is 0.889. The molecule has 0 aromatic heterocycles. The SMILES string of the molecule is CCOC(=O)C1(CO)CCNCC1.Cl. The van der Waals surface area contributed by atoms with Gasteiger partial charge in [-0.2, -0.15) is 0 Å². The third-order valence-corrected chi connectivity index (χ3v) is 2.57. The number of piperidine rings is 1. The Morgan fingerprint density at radius 3 is 2.50 bits per heavy atom. The van der Waals surface area contributed by atoms with Crippen LogP contribution in [-0.2, 0) is 9.53 Å². The van der Waals surface area contributed by atoms with E-state index in [1.165, 1.54) is 0 Å². The molecule has 0 aromatic rings. The lowest BCUT2D eigenvalue weighted by molar-refractivity contribution is -0.160. The summed E-state index contributed by atoms with van der Waals surface area (Å²) < 4.78 is 4.95. The minimum Gasteiger partial charge on any atom is -0.465 e. The van der Waals surface area contributed by atoms with E-state index >= 15 is 0 Å². The fourth-order valence-electron chi connectivity index (χ4n) is 1.62. The summed E-state index contributed by atoms with van der Waals surface area (Å²) in [7, 11) is 0. The van der Waals surface area contributed by atoms with Gasteiger partial charge in [0.25, 0.3) is 0 Å². The van der Waals surface area contributed by atoms with Crippen LogP contribution in [0.5, 0.6) is 0 Å². The Morgan fingerprint density at radius 2 is 2.07 bits per heavy atom. The molecule has 0 bridgehead atoms. The minimum atomic E-state index is -0.638. The summed E-state index contributed by atoms with van der Waals surface area (Å²) in [6.07, 6.45) is 1.34. The summed E-state index contributed by atoms with van der Waals surface area (Å²) in [5, 5.41) is 12.4. The van der Waals surface area contributed by atoms with E-state index in [2.05, 4.69) is 5.32 Å². The highest BCUT2D eigenvalue weighted by Crippen LogP contribution is 2.29. The summed E-state index contributed by atoms with van der Waals surface area (Å²) in [6, 6.07) is 0. The lowest BCUT2D eigenvalue weighted by Gasteiger charge is -2.33. The number of carbonyl (C=O) groups is 1. The normalized spacial score (nSPS) is 19.6. The zero-order chi connectivity index (χ0) is 9.73. The molecule has 14 heavy (non-hydrogen) atoms. The minimum absolute atomic E-state index is 0. The van der Waals surface area contributed by atoms with E-state index in [-0.39, 0.29) is 25.0 Å². The maximum absolute atomic E-state index is 11.5. The number of halogens is 1. The molecular weight excluding hydrogens is 206 g/mol. The number of esters is 1. The van der Waals surface area contributed by atoms with E-state index in [0.29, 0.717) is 19.4 Å². The number of carbonyl (C=O) groups excluding carboxylic acids is 1. The van der Waals surface area contributed by atoms with Crippen molar-refractivity contribution in [3.8, 4) is 0 Å². The van der Waals surface area contributed by atoms with Gasteiger partial charge in [-0.3, -0.25) is 4.79 Å². The Labute approximate surface area is 90.4 Å². The molecule has 0 atom stereocenters. The summed E-state index contributed by atoms with van der Waals surface area (Å²) >= 11 is 0. The number of hydrogen-bond acceptors (Lipinski definition) is 4. The molecule has 84 valence electrons. The highest BCUT2D eigenvalue weighted by Gasteiger charge is 2.40. The van der Waals surface area contributed by atoms with Gasteiger partial charge in [-0.15, -0.1) is 12.4 Å². The zero-order valence-corrected chi connectivity index (χ0v) is 9.23. The molecule has 0 amide bonds. The van der Waals surface area contributed by atoms with Gasteiger partial charge in [-0.05, 0) is 32.9 Å². The average Bonchev–Trinajstić information content (AvgIpc) is 2.19. The second-order valence-corrected chi connectivity index (χ2v) is 3.41. The number of hydrogen-bond donors (Lipinski definition) is 2. The molecule has 0 spiro atoms. The molecule has 1 aliphatic heterocycles. The molecule has 0 aromatic carbocycles. The summed E-state index contributed by atoms with van der Waals surface area (Å²) in [4.78, 5) is 11.5. The van der Waals surface area contributed by atoms with Crippen LogP contribution in [0.2, 0.25) is 0 Å². The van der Waals surface area contributed by atoms with Gasteiger partial charge in [0.1, 0.15) is 0 Å². The van der Waals surface area contributed by atoms with Crippen molar-refractivity contribution in [2.45, 2.75) is 19.8 Å². The molecule has 1 aliphatic rings. The van der Waals surface area contributed by atoms with E-state index < -0.39 is 5.41 Å². The first-order valence-electron chi connectivity index (χ1n) is 4.74. The molecule has 0 saturated carbocycles. The van der Waals surface area contributed by atoms with E-state index in [0.717, 1.165) is 13.1 Å². The lowest BCUT2D eigenvalue weighted by Crippen LogP contribution is -2.45. The molecule has 1 fully saturated rings. The zero-order valence-electron chi connectivity index (χ0n) is 8.41. The van der Waals surface area contributed by atoms with Crippen LogP contribution < -0.4 is 5.32 Å². The van der Waals surface area contributed by atoms with E-state index in [1.807, 2.05) is 0 Å². The van der Waals surface area contributed by atoms with Crippen LogP contribution >= 0.6 is 12.4 Å². The standard InChI is InChI=1S/C9H17NO3.ClH/c1-2-13-8(12)9(7-11)3-5-10-6-4-9;/h10-11H,2-7H2,1H3;1H. The van der Waals surface area contributed by atoms with Crippen molar-refractivity contribution in [2.24, 2.45) is 5.41 Å². The average molecular weight is 224 g/mol. The molecule has 1 heterocycles. The van der Waals surface area contributed by atoms with Gasteiger partial charge in [0.2, 0.25) is 0 Å². The van der Waals surface area contributed by atoms with Crippen molar-refractivity contribution in [1.82, 2.24) is 5.32 Å². The molecule has 0 unspecified atom stereocenters. The molecule has 2 N–H and O–H groups in total. The first kappa shape index (κ1) is 13.7. The van der Waals surface area contributed by atoms with Gasteiger partial charge < -0.3 is 15.2 Å². The predicted molar refractivity (Wildman–Crippen MR) is 55.5 cm³/mol. The number of nitrogens with one attached hydrogen (secondary N) is 1. The number of aliphatic hydroxyl groups is 1. The van der Waals surface area contributed by atoms with Crippen molar-refractivity contribution in [1.29, 1.82) is 0 Å². The molecule has 1 rings (SSSR count). The van der Waals surface area contributed by atoms with Crippen molar-refractivity contribution < 1.29 is 14.6 Å². The van der Waals surface area contributed by atoms with Crippen molar-refractivity contribution in [2.75, 3.05) is 26.3 Å². The lowest BCUT2D eigenvalue weighted by atomic mass is 9.80. The fourth-order valence-corrected chi connectivity index (χ4v) is 1.62. The quantitative estimate of drug-likeness (QED) is 0.678. The highest BCUT2D eigenvalue weighted by molar-refractivity contribution is 5.85. The third kappa shape index (κ3) is 2.83. The maximum Gasteiger partial charge on any atom is 0.314 e. The maximum atomic E-state index is 11.5. The Morgan fingerprint density at radius 1 is 1.50 bits per heavy atom. The smallest absolute Gasteiger partial charge is 0.314 e. The van der Waals surface area contributed by atoms with Gasteiger partial charge >= 0.3 is 5.97 Å².